The molecular weight excluding hydrogens is 248 g/mol. The minimum Gasteiger partial charge on any atom is -0.461 e. The zero-order valence-electron chi connectivity index (χ0n) is 12.6. The highest BCUT2D eigenvalue weighted by Gasteiger charge is 2.11. The molecule has 3 heteroatoms. The van der Waals surface area contributed by atoms with Crippen molar-refractivity contribution in [1.29, 1.82) is 0 Å². The monoisotopic (exact) mass is 272 g/mol. The van der Waals surface area contributed by atoms with Gasteiger partial charge in [-0.1, -0.05) is 25.1 Å². The van der Waals surface area contributed by atoms with Crippen molar-refractivity contribution in [1.82, 2.24) is 4.90 Å². The van der Waals surface area contributed by atoms with E-state index in [1.165, 1.54) is 5.56 Å². The molecule has 20 heavy (non-hydrogen) atoms. The molecule has 3 nitrogen and oxygen atoms in total. The van der Waals surface area contributed by atoms with E-state index in [4.69, 9.17) is 10.2 Å². The van der Waals surface area contributed by atoms with E-state index in [0.29, 0.717) is 12.5 Å². The summed E-state index contributed by atoms with van der Waals surface area (Å²) in [7, 11) is 4.15. The Morgan fingerprint density at radius 1 is 1.20 bits per heavy atom. The van der Waals surface area contributed by atoms with E-state index in [1.807, 2.05) is 0 Å². The molecule has 0 bridgehead atoms. The summed E-state index contributed by atoms with van der Waals surface area (Å²) in [6.45, 7) is 3.78. The third kappa shape index (κ3) is 3.71. The van der Waals surface area contributed by atoms with Gasteiger partial charge in [-0.25, -0.2) is 0 Å². The second kappa shape index (κ2) is 6.73. The summed E-state index contributed by atoms with van der Waals surface area (Å²) in [5.41, 5.74) is 8.03. The fraction of sp³-hybridized carbons (Fsp3) is 0.412. The van der Waals surface area contributed by atoms with E-state index in [9.17, 15) is 0 Å². The third-order valence-electron chi connectivity index (χ3n) is 3.42. The maximum absolute atomic E-state index is 5.97. The van der Waals surface area contributed by atoms with Crippen LogP contribution in [-0.4, -0.2) is 25.5 Å². The van der Waals surface area contributed by atoms with Crippen LogP contribution in [0.4, 0.5) is 0 Å². The second-order valence-electron chi connectivity index (χ2n) is 5.62. The first-order valence-electron chi connectivity index (χ1n) is 7.14. The molecule has 0 saturated heterocycles. The van der Waals surface area contributed by atoms with Crippen molar-refractivity contribution in [2.45, 2.75) is 25.8 Å². The Labute approximate surface area is 121 Å². The number of rotatable bonds is 6. The van der Waals surface area contributed by atoms with Crippen molar-refractivity contribution in [2.75, 3.05) is 20.6 Å². The fourth-order valence-electron chi connectivity index (χ4n) is 2.35. The lowest BCUT2D eigenvalue weighted by atomic mass is 10.1. The second-order valence-corrected chi connectivity index (χ2v) is 5.62. The topological polar surface area (TPSA) is 42.4 Å². The van der Waals surface area contributed by atoms with Gasteiger partial charge >= 0.3 is 0 Å². The molecular formula is C17H24N2O. The number of nitrogens with two attached hydrogens (primary N) is 1. The highest BCUT2D eigenvalue weighted by atomic mass is 16.3. The molecule has 0 amide bonds. The molecule has 2 N–H and O–H groups in total. The maximum Gasteiger partial charge on any atom is 0.134 e. The van der Waals surface area contributed by atoms with Crippen molar-refractivity contribution in [3.63, 3.8) is 0 Å². The Balaban J connectivity index is 2.19. The fourth-order valence-corrected chi connectivity index (χ4v) is 2.35. The molecule has 0 radical (unpaired) electrons. The lowest BCUT2D eigenvalue weighted by molar-refractivity contribution is 0.402. The average molecular weight is 272 g/mol. The predicted molar refractivity (Wildman–Crippen MR) is 83.6 cm³/mol. The van der Waals surface area contributed by atoms with Crippen LogP contribution in [0.3, 0.4) is 0 Å². The highest BCUT2D eigenvalue weighted by molar-refractivity contribution is 5.58. The van der Waals surface area contributed by atoms with E-state index in [1.54, 1.807) is 0 Å². The van der Waals surface area contributed by atoms with Crippen LogP contribution in [0, 0.1) is 0 Å². The van der Waals surface area contributed by atoms with E-state index in [-0.39, 0.29) is 0 Å². The summed E-state index contributed by atoms with van der Waals surface area (Å²) in [6, 6.07) is 12.6. The van der Waals surface area contributed by atoms with Crippen LogP contribution in [0.1, 0.15) is 30.6 Å². The van der Waals surface area contributed by atoms with Gasteiger partial charge in [0, 0.05) is 18.0 Å². The summed E-state index contributed by atoms with van der Waals surface area (Å²) in [4.78, 5) is 2.16. The molecule has 2 aromatic rings. The molecule has 0 aliphatic carbocycles. The summed E-state index contributed by atoms with van der Waals surface area (Å²) in [5, 5.41) is 0. The molecule has 1 atom stereocenters. The van der Waals surface area contributed by atoms with Gasteiger partial charge in [0.15, 0.2) is 0 Å². The maximum atomic E-state index is 5.97. The van der Waals surface area contributed by atoms with Crippen LogP contribution in [0.2, 0.25) is 0 Å². The zero-order valence-corrected chi connectivity index (χ0v) is 12.6. The minimum absolute atomic E-state index is 0.374. The van der Waals surface area contributed by atoms with Gasteiger partial charge in [-0.05, 0) is 50.8 Å². The van der Waals surface area contributed by atoms with Gasteiger partial charge in [0.05, 0.1) is 0 Å². The Morgan fingerprint density at radius 3 is 2.70 bits per heavy atom. The minimum atomic E-state index is 0.374. The van der Waals surface area contributed by atoms with Crippen LogP contribution in [0.5, 0.6) is 0 Å². The van der Waals surface area contributed by atoms with Gasteiger partial charge < -0.3 is 15.1 Å². The number of hydrogen-bond acceptors (Lipinski definition) is 3. The molecule has 108 valence electrons. The molecule has 0 aliphatic rings. The quantitative estimate of drug-likeness (QED) is 0.875. The van der Waals surface area contributed by atoms with Crippen molar-refractivity contribution in [3.05, 3.63) is 47.7 Å². The smallest absolute Gasteiger partial charge is 0.134 e. The average Bonchev–Trinajstić information content (AvgIpc) is 2.88. The Kier molecular flexibility index (Phi) is 4.99. The Morgan fingerprint density at radius 2 is 2.00 bits per heavy atom. The first kappa shape index (κ1) is 14.8. The molecule has 1 unspecified atom stereocenters. The first-order valence-corrected chi connectivity index (χ1v) is 7.14. The molecule has 0 saturated carbocycles. The van der Waals surface area contributed by atoms with E-state index >= 15 is 0 Å². The van der Waals surface area contributed by atoms with Gasteiger partial charge in [-0.3, -0.25) is 0 Å². The molecule has 0 fully saturated rings. The van der Waals surface area contributed by atoms with Gasteiger partial charge in [-0.2, -0.15) is 0 Å². The van der Waals surface area contributed by atoms with Gasteiger partial charge in [-0.15, -0.1) is 0 Å². The Hall–Kier alpha value is -1.58. The van der Waals surface area contributed by atoms with Crippen LogP contribution < -0.4 is 5.73 Å². The van der Waals surface area contributed by atoms with Gasteiger partial charge in [0.25, 0.3) is 0 Å². The summed E-state index contributed by atoms with van der Waals surface area (Å²) >= 11 is 0. The van der Waals surface area contributed by atoms with Crippen molar-refractivity contribution < 1.29 is 4.42 Å². The van der Waals surface area contributed by atoms with Crippen LogP contribution in [0.25, 0.3) is 11.3 Å². The molecule has 1 heterocycles. The van der Waals surface area contributed by atoms with Crippen LogP contribution in [-0.2, 0) is 6.54 Å². The van der Waals surface area contributed by atoms with Gasteiger partial charge in [0.2, 0.25) is 0 Å². The summed E-state index contributed by atoms with van der Waals surface area (Å²) in [5.74, 6) is 2.33. The zero-order chi connectivity index (χ0) is 14.5. The molecule has 1 aromatic carbocycles. The molecule has 0 spiro atoms. The molecule has 2 rings (SSSR count). The lowest BCUT2D eigenvalue weighted by Crippen LogP contribution is -2.10. The van der Waals surface area contributed by atoms with E-state index in [2.05, 4.69) is 62.3 Å². The van der Waals surface area contributed by atoms with Crippen molar-refractivity contribution in [2.24, 2.45) is 5.73 Å². The predicted octanol–water partition coefficient (Wildman–Crippen LogP) is 3.46. The number of benzene rings is 1. The van der Waals surface area contributed by atoms with E-state index < -0.39 is 0 Å². The number of hydrogen-bond donors (Lipinski definition) is 1. The standard InChI is InChI=1S/C17H24N2O/c1-13(9-10-18)16-7-8-17(20-16)15-6-4-5-14(11-15)12-19(2)3/h4-8,11,13H,9-10,12,18H2,1-3H3. The summed E-state index contributed by atoms with van der Waals surface area (Å²) < 4.78 is 5.97. The largest absolute Gasteiger partial charge is 0.461 e. The van der Waals surface area contributed by atoms with E-state index in [0.717, 1.165) is 30.0 Å². The SMILES string of the molecule is CC(CCN)c1ccc(-c2cccc(CN(C)C)c2)o1. The lowest BCUT2D eigenvalue weighted by Gasteiger charge is -2.10. The van der Waals surface area contributed by atoms with Crippen LogP contribution in [0.15, 0.2) is 40.8 Å². The Bertz CT molecular complexity index is 545. The molecule has 1 aromatic heterocycles. The van der Waals surface area contributed by atoms with Crippen LogP contribution >= 0.6 is 0 Å². The molecule has 0 aliphatic heterocycles. The van der Waals surface area contributed by atoms with Crippen molar-refractivity contribution in [3.8, 4) is 11.3 Å². The van der Waals surface area contributed by atoms with Crippen molar-refractivity contribution >= 4 is 0 Å². The number of nitrogens with zero attached hydrogens (tertiary/aromatic N) is 1. The van der Waals surface area contributed by atoms with Gasteiger partial charge in [0.1, 0.15) is 11.5 Å². The number of furan rings is 1. The first-order chi connectivity index (χ1) is 9.60. The highest BCUT2D eigenvalue weighted by Crippen LogP contribution is 2.28. The normalized spacial score (nSPS) is 12.8. The third-order valence-corrected chi connectivity index (χ3v) is 3.42. The summed E-state index contributed by atoms with van der Waals surface area (Å²) in [6.07, 6.45) is 0.952.